The first kappa shape index (κ1) is 31.5. The third kappa shape index (κ3) is 6.83. The van der Waals surface area contributed by atoms with Crippen LogP contribution < -0.4 is 0 Å². The molecule has 1 radical (unpaired) electrons. The van der Waals surface area contributed by atoms with E-state index >= 15 is 0 Å². The van der Waals surface area contributed by atoms with E-state index in [2.05, 4.69) is 119 Å². The van der Waals surface area contributed by atoms with Gasteiger partial charge in [-0.2, -0.15) is 0 Å². The van der Waals surface area contributed by atoms with E-state index in [1.807, 2.05) is 0 Å². The van der Waals surface area contributed by atoms with E-state index in [1.54, 1.807) is 0 Å². The Morgan fingerprint density at radius 1 is 0.405 bits per heavy atom. The van der Waals surface area contributed by atoms with Gasteiger partial charge in [-0.1, -0.05) is 0 Å². The number of likely N-dealkylation sites (tertiary alicyclic amines) is 3. The largest absolute Gasteiger partial charge is 0.578 e. The minimum atomic E-state index is -1.95. The van der Waals surface area contributed by atoms with E-state index in [4.69, 9.17) is 13.3 Å². The van der Waals surface area contributed by atoms with Crippen LogP contribution in [0.5, 0.6) is 0 Å². The highest BCUT2D eigenvalue weighted by atomic mass is 28.3. The molecule has 3 saturated heterocycles. The molecule has 3 aliphatic heterocycles. The topological polar surface area (TPSA) is 37.4 Å². The second-order valence-electron chi connectivity index (χ2n) is 16.2. The Balaban J connectivity index is 1.84. The highest BCUT2D eigenvalue weighted by molar-refractivity contribution is 6.36. The molecule has 0 aromatic carbocycles. The van der Waals surface area contributed by atoms with Crippen molar-refractivity contribution in [2.75, 3.05) is 21.1 Å². The van der Waals surface area contributed by atoms with Crippen molar-refractivity contribution in [3.05, 3.63) is 0 Å². The molecule has 0 bridgehead atoms. The van der Waals surface area contributed by atoms with Crippen LogP contribution in [0.2, 0.25) is 0 Å². The summed E-state index contributed by atoms with van der Waals surface area (Å²) in [6.45, 7) is 28.0. The van der Waals surface area contributed by atoms with Crippen LogP contribution in [-0.4, -0.2) is 96.9 Å². The first-order valence-electron chi connectivity index (χ1n) is 14.6. The minimum Gasteiger partial charge on any atom is -0.368 e. The van der Waals surface area contributed by atoms with Crippen LogP contribution in [0.1, 0.15) is 122 Å². The molecule has 3 aliphatic rings. The Kier molecular flexibility index (Phi) is 8.61. The van der Waals surface area contributed by atoms with Crippen LogP contribution >= 0.6 is 0 Å². The number of nitrogens with zero attached hydrogens (tertiary/aromatic N) is 3. The molecule has 217 valence electrons. The average Bonchev–Trinajstić information content (AvgIpc) is 2.67. The lowest BCUT2D eigenvalue weighted by Gasteiger charge is -2.55. The molecule has 3 heterocycles. The van der Waals surface area contributed by atoms with Crippen LogP contribution in [0.15, 0.2) is 0 Å². The lowest BCUT2D eigenvalue weighted by atomic mass is 9.79. The summed E-state index contributed by atoms with van der Waals surface area (Å²) >= 11 is 0. The van der Waals surface area contributed by atoms with Gasteiger partial charge in [-0.3, -0.25) is 14.7 Å². The molecule has 0 spiro atoms. The second-order valence-corrected chi connectivity index (χ2v) is 17.5. The number of hydrogen-bond acceptors (Lipinski definition) is 6. The Morgan fingerprint density at radius 2 is 0.568 bits per heavy atom. The third-order valence-electron chi connectivity index (χ3n) is 10.6. The molecule has 0 aromatic heterocycles. The van der Waals surface area contributed by atoms with E-state index in [-0.39, 0.29) is 51.5 Å². The van der Waals surface area contributed by atoms with Gasteiger partial charge in [0.15, 0.2) is 0 Å². The maximum absolute atomic E-state index is 6.95. The summed E-state index contributed by atoms with van der Waals surface area (Å²) in [6, 6.07) is 0. The highest BCUT2D eigenvalue weighted by Gasteiger charge is 2.50. The Labute approximate surface area is 231 Å². The van der Waals surface area contributed by atoms with Crippen molar-refractivity contribution in [3.63, 3.8) is 0 Å². The van der Waals surface area contributed by atoms with Crippen LogP contribution in [0.3, 0.4) is 0 Å². The Bertz CT molecular complexity index is 651. The Hall–Kier alpha value is -0.0231. The molecule has 0 saturated carbocycles. The van der Waals surface area contributed by atoms with Gasteiger partial charge in [0.25, 0.3) is 0 Å². The molecular formula is C30H60N3O3Si. The summed E-state index contributed by atoms with van der Waals surface area (Å²) in [6.07, 6.45) is 6.33. The quantitative estimate of drug-likeness (QED) is 0.388. The SMILES string of the molecule is CN1C(C)(C)CC(O[Si](OC2CC(C)(C)N(C)C(C)(C)C2)OC2CC(C)(C)N(C)C(C)(C)C2)CC1(C)C. The summed E-state index contributed by atoms with van der Waals surface area (Å²) in [5.41, 5.74) is 0.384. The summed E-state index contributed by atoms with van der Waals surface area (Å²) in [7, 11) is 4.80. The van der Waals surface area contributed by atoms with Crippen LogP contribution in [0, 0.1) is 0 Å². The molecule has 3 rings (SSSR count). The van der Waals surface area contributed by atoms with Gasteiger partial charge >= 0.3 is 9.53 Å². The molecule has 0 aromatic rings. The second kappa shape index (κ2) is 10.1. The van der Waals surface area contributed by atoms with Gasteiger partial charge in [0.1, 0.15) is 0 Å². The van der Waals surface area contributed by atoms with E-state index < -0.39 is 9.53 Å². The normalized spacial score (nSPS) is 31.1. The lowest BCUT2D eigenvalue weighted by molar-refractivity contribution is -0.114. The van der Waals surface area contributed by atoms with Crippen LogP contribution in [0.4, 0.5) is 0 Å². The predicted octanol–water partition coefficient (Wildman–Crippen LogP) is 5.98. The van der Waals surface area contributed by atoms with E-state index in [0.717, 1.165) is 38.5 Å². The zero-order valence-corrected chi connectivity index (χ0v) is 28.0. The molecule has 0 amide bonds. The monoisotopic (exact) mass is 538 g/mol. The van der Waals surface area contributed by atoms with Gasteiger partial charge in [-0.05, 0) is 143 Å². The standard InChI is InChI=1S/C30H60N3O3Si/c1-25(2)16-22(17-26(3,4)31(25)13)34-37(35-23-18-27(5,6)32(14)28(7,8)19-23)36-24-20-29(9,10)33(15)30(11,12)21-24/h22-24H,16-21H2,1-15H3. The summed E-state index contributed by atoms with van der Waals surface area (Å²) < 4.78 is 20.8. The fourth-order valence-corrected chi connectivity index (χ4v) is 9.06. The average molecular weight is 539 g/mol. The van der Waals surface area contributed by atoms with Crippen LogP contribution in [0.25, 0.3) is 0 Å². The fourth-order valence-electron chi connectivity index (χ4n) is 7.58. The smallest absolute Gasteiger partial charge is 0.368 e. The molecule has 7 heteroatoms. The fraction of sp³-hybridized carbons (Fsp3) is 1.00. The van der Waals surface area contributed by atoms with Crippen molar-refractivity contribution >= 4 is 9.53 Å². The van der Waals surface area contributed by atoms with Crippen LogP contribution in [-0.2, 0) is 13.3 Å². The summed E-state index contributed by atoms with van der Waals surface area (Å²) in [5.74, 6) is 0. The zero-order chi connectivity index (χ0) is 28.4. The first-order valence-corrected chi connectivity index (χ1v) is 15.8. The van der Waals surface area contributed by atoms with E-state index in [9.17, 15) is 0 Å². The van der Waals surface area contributed by atoms with Crippen molar-refractivity contribution in [1.82, 2.24) is 14.7 Å². The molecule has 37 heavy (non-hydrogen) atoms. The number of rotatable bonds is 6. The number of hydrogen-bond donors (Lipinski definition) is 0. The summed E-state index contributed by atoms with van der Waals surface area (Å²) in [4.78, 5) is 7.54. The van der Waals surface area contributed by atoms with E-state index in [1.165, 1.54) is 0 Å². The molecule has 3 fully saturated rings. The first-order chi connectivity index (χ1) is 16.5. The van der Waals surface area contributed by atoms with Gasteiger partial charge in [0.05, 0.1) is 18.3 Å². The summed E-state index contributed by atoms with van der Waals surface area (Å²) in [5, 5.41) is 0. The van der Waals surface area contributed by atoms with Crippen molar-refractivity contribution in [2.24, 2.45) is 0 Å². The van der Waals surface area contributed by atoms with Gasteiger partial charge in [0.2, 0.25) is 0 Å². The molecule has 0 unspecified atom stereocenters. The van der Waals surface area contributed by atoms with Gasteiger partial charge in [-0.25, -0.2) is 0 Å². The van der Waals surface area contributed by atoms with Gasteiger partial charge < -0.3 is 13.3 Å². The predicted molar refractivity (Wildman–Crippen MR) is 156 cm³/mol. The van der Waals surface area contributed by atoms with Crippen molar-refractivity contribution in [1.29, 1.82) is 0 Å². The zero-order valence-electron chi connectivity index (χ0n) is 27.0. The minimum absolute atomic E-state index is 0.0639. The maximum atomic E-state index is 6.95. The lowest BCUT2D eigenvalue weighted by Crippen LogP contribution is -2.63. The molecule has 6 nitrogen and oxygen atoms in total. The van der Waals surface area contributed by atoms with Crippen molar-refractivity contribution in [3.8, 4) is 0 Å². The van der Waals surface area contributed by atoms with Gasteiger partial charge in [-0.15, -0.1) is 0 Å². The van der Waals surface area contributed by atoms with Crippen molar-refractivity contribution in [2.45, 2.75) is 173 Å². The maximum Gasteiger partial charge on any atom is 0.578 e. The third-order valence-corrected chi connectivity index (χ3v) is 12.2. The van der Waals surface area contributed by atoms with Gasteiger partial charge in [0, 0.05) is 33.2 Å². The Morgan fingerprint density at radius 3 is 0.730 bits per heavy atom. The number of piperidine rings is 3. The van der Waals surface area contributed by atoms with Crippen molar-refractivity contribution < 1.29 is 13.3 Å². The molecule has 0 atom stereocenters. The molecule has 0 aliphatic carbocycles. The molecule has 0 N–H and O–H groups in total. The molecular weight excluding hydrogens is 478 g/mol. The van der Waals surface area contributed by atoms with E-state index in [0.29, 0.717) is 0 Å². The highest BCUT2D eigenvalue weighted by Crippen LogP contribution is 2.42.